The standard InChI is InChI=1S/C18H28N8/c1-24-16(13-25-9-3-2-4-10-25)22-23-17(24)14-6-5-11-26(12-14)18-20-8-7-15(19)21-18/h7-8,14H,2-6,9-13H2,1H3,(H2,19,20,21). The van der Waals surface area contributed by atoms with Gasteiger partial charge in [-0.15, -0.1) is 10.2 Å². The van der Waals surface area contributed by atoms with Gasteiger partial charge in [-0.3, -0.25) is 4.90 Å². The van der Waals surface area contributed by atoms with Gasteiger partial charge in [-0.1, -0.05) is 6.42 Å². The van der Waals surface area contributed by atoms with Crippen LogP contribution in [0.5, 0.6) is 0 Å². The lowest BCUT2D eigenvalue weighted by Gasteiger charge is -2.32. The Bertz CT molecular complexity index is 737. The van der Waals surface area contributed by atoms with Crippen LogP contribution in [0.25, 0.3) is 0 Å². The summed E-state index contributed by atoms with van der Waals surface area (Å²) in [4.78, 5) is 13.5. The molecule has 0 aromatic carbocycles. The van der Waals surface area contributed by atoms with E-state index in [1.807, 2.05) is 0 Å². The summed E-state index contributed by atoms with van der Waals surface area (Å²) in [7, 11) is 2.10. The number of rotatable bonds is 4. The van der Waals surface area contributed by atoms with E-state index in [2.05, 4.69) is 41.6 Å². The highest BCUT2D eigenvalue weighted by Crippen LogP contribution is 2.28. The van der Waals surface area contributed by atoms with Crippen molar-refractivity contribution < 1.29 is 0 Å². The Hall–Kier alpha value is -2.22. The lowest BCUT2D eigenvalue weighted by atomic mass is 9.97. The Morgan fingerprint density at radius 3 is 2.77 bits per heavy atom. The fraction of sp³-hybridized carbons (Fsp3) is 0.667. The molecule has 2 aromatic heterocycles. The van der Waals surface area contributed by atoms with Crippen LogP contribution in [0.1, 0.15) is 49.7 Å². The molecule has 26 heavy (non-hydrogen) atoms. The van der Waals surface area contributed by atoms with Crippen molar-refractivity contribution in [2.45, 2.75) is 44.6 Å². The average Bonchev–Trinajstić information content (AvgIpc) is 3.03. The van der Waals surface area contributed by atoms with Crippen LogP contribution in [0.15, 0.2) is 12.3 Å². The van der Waals surface area contributed by atoms with Crippen LogP contribution in [0.2, 0.25) is 0 Å². The number of nitrogens with two attached hydrogens (primary N) is 1. The summed E-state index contributed by atoms with van der Waals surface area (Å²) in [6.45, 7) is 5.06. The topological polar surface area (TPSA) is 89.0 Å². The first-order valence-electron chi connectivity index (χ1n) is 9.64. The van der Waals surface area contributed by atoms with Crippen LogP contribution in [-0.4, -0.2) is 55.8 Å². The van der Waals surface area contributed by atoms with Gasteiger partial charge >= 0.3 is 0 Å². The minimum atomic E-state index is 0.349. The molecule has 0 radical (unpaired) electrons. The highest BCUT2D eigenvalue weighted by atomic mass is 15.3. The summed E-state index contributed by atoms with van der Waals surface area (Å²) in [5, 5.41) is 9.04. The van der Waals surface area contributed by atoms with Crippen molar-refractivity contribution in [3.63, 3.8) is 0 Å². The van der Waals surface area contributed by atoms with Crippen molar-refractivity contribution in [3.05, 3.63) is 23.9 Å². The molecule has 1 atom stereocenters. The summed E-state index contributed by atoms with van der Waals surface area (Å²) in [6.07, 6.45) is 7.88. The molecule has 2 aromatic rings. The fourth-order valence-corrected chi connectivity index (χ4v) is 4.07. The summed E-state index contributed by atoms with van der Waals surface area (Å²) in [5.74, 6) is 3.72. The smallest absolute Gasteiger partial charge is 0.227 e. The Balaban J connectivity index is 1.46. The number of nitrogen functional groups attached to an aromatic ring is 1. The van der Waals surface area contributed by atoms with E-state index < -0.39 is 0 Å². The SMILES string of the molecule is Cn1c(CN2CCCCC2)nnc1C1CCCN(c2nccc(N)n2)C1. The zero-order valence-corrected chi connectivity index (χ0v) is 15.5. The van der Waals surface area contributed by atoms with Gasteiger partial charge in [-0.2, -0.15) is 4.98 Å². The first kappa shape index (κ1) is 17.2. The van der Waals surface area contributed by atoms with E-state index in [0.717, 1.165) is 44.1 Å². The third kappa shape index (κ3) is 3.65. The van der Waals surface area contributed by atoms with E-state index in [4.69, 9.17) is 5.73 Å². The highest BCUT2D eigenvalue weighted by molar-refractivity contribution is 5.38. The highest BCUT2D eigenvalue weighted by Gasteiger charge is 2.27. The predicted molar refractivity (Wildman–Crippen MR) is 101 cm³/mol. The Labute approximate surface area is 154 Å². The molecule has 2 aliphatic heterocycles. The molecule has 4 heterocycles. The van der Waals surface area contributed by atoms with Gasteiger partial charge in [-0.25, -0.2) is 4.98 Å². The second kappa shape index (κ2) is 7.57. The number of piperidine rings is 2. The van der Waals surface area contributed by atoms with Crippen LogP contribution >= 0.6 is 0 Å². The van der Waals surface area contributed by atoms with Crippen molar-refractivity contribution >= 4 is 11.8 Å². The van der Waals surface area contributed by atoms with E-state index in [-0.39, 0.29) is 0 Å². The van der Waals surface area contributed by atoms with Crippen molar-refractivity contribution in [1.82, 2.24) is 29.6 Å². The van der Waals surface area contributed by atoms with Crippen LogP contribution < -0.4 is 10.6 Å². The molecule has 0 amide bonds. The van der Waals surface area contributed by atoms with Crippen LogP contribution in [-0.2, 0) is 13.6 Å². The molecule has 0 aliphatic carbocycles. The maximum Gasteiger partial charge on any atom is 0.227 e. The number of likely N-dealkylation sites (tertiary alicyclic amines) is 1. The van der Waals surface area contributed by atoms with Gasteiger partial charge in [0.25, 0.3) is 0 Å². The van der Waals surface area contributed by atoms with Crippen molar-refractivity contribution in [1.29, 1.82) is 0 Å². The van der Waals surface area contributed by atoms with Gasteiger partial charge < -0.3 is 15.2 Å². The molecule has 2 N–H and O–H groups in total. The van der Waals surface area contributed by atoms with Crippen LogP contribution in [0.4, 0.5) is 11.8 Å². The molecule has 0 spiro atoms. The Morgan fingerprint density at radius 2 is 1.96 bits per heavy atom. The largest absolute Gasteiger partial charge is 0.384 e. The maximum atomic E-state index is 5.82. The van der Waals surface area contributed by atoms with Crippen LogP contribution in [0.3, 0.4) is 0 Å². The van der Waals surface area contributed by atoms with Gasteiger partial charge in [0.05, 0.1) is 6.54 Å². The van der Waals surface area contributed by atoms with Crippen molar-refractivity contribution in [3.8, 4) is 0 Å². The lowest BCUT2D eigenvalue weighted by molar-refractivity contribution is 0.213. The molecule has 4 rings (SSSR count). The number of aromatic nitrogens is 5. The molecule has 140 valence electrons. The van der Waals surface area contributed by atoms with E-state index >= 15 is 0 Å². The number of anilines is 2. The minimum absolute atomic E-state index is 0.349. The third-order valence-electron chi connectivity index (χ3n) is 5.55. The quantitative estimate of drug-likeness (QED) is 0.889. The van der Waals surface area contributed by atoms with Gasteiger partial charge in [0.15, 0.2) is 0 Å². The molecule has 2 aliphatic rings. The molecule has 0 bridgehead atoms. The van der Waals surface area contributed by atoms with E-state index in [1.165, 1.54) is 32.4 Å². The molecular weight excluding hydrogens is 328 g/mol. The second-order valence-electron chi connectivity index (χ2n) is 7.44. The second-order valence-corrected chi connectivity index (χ2v) is 7.44. The predicted octanol–water partition coefficient (Wildman–Crippen LogP) is 1.56. The first-order chi connectivity index (χ1) is 12.7. The Kier molecular flexibility index (Phi) is 5.01. The van der Waals surface area contributed by atoms with Gasteiger partial charge in [0.1, 0.15) is 17.5 Å². The van der Waals surface area contributed by atoms with Crippen molar-refractivity contribution in [2.24, 2.45) is 7.05 Å². The molecule has 1 unspecified atom stereocenters. The number of hydrogen-bond donors (Lipinski definition) is 1. The van der Waals surface area contributed by atoms with E-state index in [9.17, 15) is 0 Å². The molecular formula is C18H28N8. The monoisotopic (exact) mass is 356 g/mol. The summed E-state index contributed by atoms with van der Waals surface area (Å²) >= 11 is 0. The normalized spacial score (nSPS) is 21.9. The van der Waals surface area contributed by atoms with Gasteiger partial charge in [0, 0.05) is 32.3 Å². The van der Waals surface area contributed by atoms with Gasteiger partial charge in [0.2, 0.25) is 5.95 Å². The molecule has 8 heteroatoms. The first-order valence-corrected chi connectivity index (χ1v) is 9.64. The minimum Gasteiger partial charge on any atom is -0.384 e. The van der Waals surface area contributed by atoms with Gasteiger partial charge in [-0.05, 0) is 44.8 Å². The summed E-state index contributed by atoms with van der Waals surface area (Å²) < 4.78 is 2.20. The van der Waals surface area contributed by atoms with E-state index in [1.54, 1.807) is 12.3 Å². The third-order valence-corrected chi connectivity index (χ3v) is 5.55. The zero-order valence-electron chi connectivity index (χ0n) is 15.5. The average molecular weight is 356 g/mol. The molecule has 2 fully saturated rings. The zero-order chi connectivity index (χ0) is 17.9. The molecule has 0 saturated carbocycles. The number of nitrogens with zero attached hydrogens (tertiary/aromatic N) is 7. The lowest BCUT2D eigenvalue weighted by Crippen LogP contribution is -2.36. The van der Waals surface area contributed by atoms with Crippen molar-refractivity contribution in [2.75, 3.05) is 36.8 Å². The summed E-state index contributed by atoms with van der Waals surface area (Å²) in [6, 6.07) is 1.72. The fourth-order valence-electron chi connectivity index (χ4n) is 4.07. The molecule has 2 saturated heterocycles. The number of hydrogen-bond acceptors (Lipinski definition) is 7. The maximum absolute atomic E-state index is 5.82. The summed E-state index contributed by atoms with van der Waals surface area (Å²) in [5.41, 5.74) is 5.82. The van der Waals surface area contributed by atoms with E-state index in [0.29, 0.717) is 17.7 Å². The Morgan fingerprint density at radius 1 is 1.12 bits per heavy atom. The van der Waals surface area contributed by atoms with Crippen LogP contribution in [0, 0.1) is 0 Å². The molecule has 8 nitrogen and oxygen atoms in total.